The molecule has 0 saturated carbocycles. The zero-order chi connectivity index (χ0) is 18.4. The van der Waals surface area contributed by atoms with Crippen molar-refractivity contribution in [2.75, 3.05) is 31.1 Å². The van der Waals surface area contributed by atoms with Crippen molar-refractivity contribution in [3.63, 3.8) is 0 Å². The molecule has 6 heteroatoms. The summed E-state index contributed by atoms with van der Waals surface area (Å²) in [7, 11) is -0.00463. The molecule has 26 heavy (non-hydrogen) atoms. The maximum Gasteiger partial charge on any atom is 0.219 e. The SMILES string of the molecule is CC(=O)N1CCN(c2cc(C)c3c(c2)S(I)=c2cccc(C)c2=N3)CC1. The van der Waals surface area contributed by atoms with E-state index in [9.17, 15) is 4.79 Å². The van der Waals surface area contributed by atoms with Gasteiger partial charge in [-0.1, -0.05) is 19.8 Å². The number of aryl methyl sites for hydroxylation is 2. The van der Waals surface area contributed by atoms with Gasteiger partial charge in [-0.05, 0) is 64.4 Å². The fourth-order valence-corrected chi connectivity index (χ4v) is 7.11. The highest BCUT2D eigenvalue weighted by Crippen LogP contribution is 2.47. The lowest BCUT2D eigenvalue weighted by Gasteiger charge is -2.36. The minimum atomic E-state index is -0.00463. The molecule has 0 radical (unpaired) electrons. The highest BCUT2D eigenvalue weighted by molar-refractivity contribution is 14.2. The molecule has 1 saturated heterocycles. The summed E-state index contributed by atoms with van der Waals surface area (Å²) in [4.78, 5) is 22.2. The van der Waals surface area contributed by atoms with Gasteiger partial charge in [-0.3, -0.25) is 4.79 Å². The van der Waals surface area contributed by atoms with Crippen molar-refractivity contribution >= 4 is 46.1 Å². The van der Waals surface area contributed by atoms with Gasteiger partial charge in [0.25, 0.3) is 0 Å². The Bertz CT molecular complexity index is 1030. The average Bonchev–Trinajstić information content (AvgIpc) is 2.63. The summed E-state index contributed by atoms with van der Waals surface area (Å²) in [6.45, 7) is 9.33. The minimum Gasteiger partial charge on any atom is -0.368 e. The number of carbonyl (C=O) groups is 1. The fraction of sp³-hybridized carbons (Fsp3) is 0.350. The molecule has 0 N–H and O–H groups in total. The maximum absolute atomic E-state index is 11.6. The van der Waals surface area contributed by atoms with Crippen molar-refractivity contribution in [2.45, 2.75) is 25.7 Å². The van der Waals surface area contributed by atoms with Crippen LogP contribution in [0.2, 0.25) is 0 Å². The molecule has 1 atom stereocenters. The second-order valence-corrected chi connectivity index (χ2v) is 10.9. The van der Waals surface area contributed by atoms with E-state index in [-0.39, 0.29) is 13.6 Å². The predicted octanol–water partition coefficient (Wildman–Crippen LogP) is 4.17. The number of halogens is 1. The number of anilines is 1. The minimum absolute atomic E-state index is 0.00463. The smallest absolute Gasteiger partial charge is 0.219 e. The van der Waals surface area contributed by atoms with Crippen molar-refractivity contribution in [2.24, 2.45) is 4.99 Å². The van der Waals surface area contributed by atoms with Crippen LogP contribution in [0.5, 0.6) is 0 Å². The molecule has 2 heterocycles. The zero-order valence-electron chi connectivity index (χ0n) is 15.3. The molecule has 1 amide bonds. The molecule has 1 unspecified atom stereocenters. The molecule has 136 valence electrons. The van der Waals surface area contributed by atoms with Crippen molar-refractivity contribution in [1.82, 2.24) is 4.90 Å². The molecule has 0 aromatic heterocycles. The summed E-state index contributed by atoms with van der Waals surface area (Å²) in [6, 6.07) is 11.0. The third-order valence-corrected chi connectivity index (χ3v) is 9.41. The van der Waals surface area contributed by atoms with Gasteiger partial charge in [-0.2, -0.15) is 0 Å². The normalized spacial score (nSPS) is 18.8. The first-order valence-electron chi connectivity index (χ1n) is 8.82. The molecular weight excluding hydrogens is 457 g/mol. The molecule has 0 bridgehead atoms. The molecule has 4 nitrogen and oxygen atoms in total. The summed E-state index contributed by atoms with van der Waals surface area (Å²) in [5.41, 5.74) is 4.86. The molecule has 2 aromatic rings. The van der Waals surface area contributed by atoms with Crippen LogP contribution in [0, 0.1) is 18.4 Å². The van der Waals surface area contributed by atoms with Gasteiger partial charge < -0.3 is 9.80 Å². The van der Waals surface area contributed by atoms with Crippen LogP contribution < -0.4 is 10.3 Å². The number of amides is 1. The Kier molecular flexibility index (Phi) is 4.81. The average molecular weight is 479 g/mol. The van der Waals surface area contributed by atoms with Gasteiger partial charge in [0.2, 0.25) is 5.91 Å². The summed E-state index contributed by atoms with van der Waals surface area (Å²) in [6.07, 6.45) is 0. The Morgan fingerprint density at radius 1 is 1.12 bits per heavy atom. The first kappa shape index (κ1) is 18.0. The van der Waals surface area contributed by atoms with Crippen LogP contribution in [0.4, 0.5) is 11.4 Å². The molecule has 2 aliphatic heterocycles. The molecule has 0 spiro atoms. The molecule has 2 aliphatic rings. The van der Waals surface area contributed by atoms with Gasteiger partial charge in [-0.25, -0.2) is 4.99 Å². The van der Waals surface area contributed by atoms with E-state index in [1.165, 1.54) is 26.2 Å². The van der Waals surface area contributed by atoms with Crippen LogP contribution in [0.25, 0.3) is 0 Å². The number of benzene rings is 2. The number of nitrogens with zero attached hydrogens (tertiary/aromatic N) is 3. The van der Waals surface area contributed by atoms with E-state index in [2.05, 4.69) is 70.3 Å². The predicted molar refractivity (Wildman–Crippen MR) is 116 cm³/mol. The highest BCUT2D eigenvalue weighted by Gasteiger charge is 2.21. The van der Waals surface area contributed by atoms with Crippen LogP contribution in [0.1, 0.15) is 18.1 Å². The molecule has 4 rings (SSSR count). The van der Waals surface area contributed by atoms with E-state index in [4.69, 9.17) is 4.99 Å². The molecule has 1 fully saturated rings. The lowest BCUT2D eigenvalue weighted by molar-refractivity contribution is -0.129. The summed E-state index contributed by atoms with van der Waals surface area (Å²) in [5, 5.41) is 1.14. The largest absolute Gasteiger partial charge is 0.368 e. The molecule has 0 aliphatic carbocycles. The second kappa shape index (κ2) is 6.96. The monoisotopic (exact) mass is 479 g/mol. The third kappa shape index (κ3) is 3.07. The van der Waals surface area contributed by atoms with E-state index in [0.717, 1.165) is 37.2 Å². The first-order chi connectivity index (χ1) is 12.5. The fourth-order valence-electron chi connectivity index (χ4n) is 3.62. The van der Waals surface area contributed by atoms with Gasteiger partial charge in [0, 0.05) is 48.2 Å². The van der Waals surface area contributed by atoms with Crippen molar-refractivity contribution in [3.8, 4) is 0 Å². The Morgan fingerprint density at radius 3 is 2.54 bits per heavy atom. The van der Waals surface area contributed by atoms with E-state index < -0.39 is 0 Å². The van der Waals surface area contributed by atoms with Crippen LogP contribution in [0.3, 0.4) is 0 Å². The van der Waals surface area contributed by atoms with Gasteiger partial charge in [0.05, 0.1) is 11.0 Å². The van der Waals surface area contributed by atoms with Crippen LogP contribution in [-0.2, 0) is 4.79 Å². The summed E-state index contributed by atoms with van der Waals surface area (Å²) >= 11 is 2.57. The standard InChI is InChI=1S/C20H22IN3OS/c1-13-5-4-6-17-19(13)22-20-14(2)11-16(12-18(20)26(17)21)24-9-7-23(8-10-24)15(3)25/h4-6,11-12H,7-10H2,1-3H3. The van der Waals surface area contributed by atoms with E-state index >= 15 is 0 Å². The maximum atomic E-state index is 11.6. The second-order valence-electron chi connectivity index (χ2n) is 6.89. The number of rotatable bonds is 1. The molecular formula is C20H22IN3OS. The zero-order valence-corrected chi connectivity index (χ0v) is 18.2. The van der Waals surface area contributed by atoms with E-state index in [1.54, 1.807) is 6.92 Å². The lowest BCUT2D eigenvalue weighted by atomic mass is 10.1. The topological polar surface area (TPSA) is 35.9 Å². The quantitative estimate of drug-likeness (QED) is 0.455. The first-order valence-corrected chi connectivity index (χ1v) is 12.6. The number of hydrogen-bond donors (Lipinski definition) is 0. The lowest BCUT2D eigenvalue weighted by Crippen LogP contribution is -2.48. The van der Waals surface area contributed by atoms with Crippen LogP contribution in [0.15, 0.2) is 40.2 Å². The van der Waals surface area contributed by atoms with Gasteiger partial charge in [0.1, 0.15) is 0 Å². The number of piperazine rings is 1. The number of para-hydroxylation sites is 1. The highest BCUT2D eigenvalue weighted by atomic mass is 127. The summed E-state index contributed by atoms with van der Waals surface area (Å²) < 4.78 is 1.33. The van der Waals surface area contributed by atoms with E-state index in [0.29, 0.717) is 0 Å². The van der Waals surface area contributed by atoms with Gasteiger partial charge in [-0.15, -0.1) is 0 Å². The van der Waals surface area contributed by atoms with Crippen LogP contribution >= 0.6 is 28.9 Å². The van der Waals surface area contributed by atoms with Crippen molar-refractivity contribution in [3.05, 3.63) is 51.3 Å². The Labute approximate surface area is 168 Å². The Hall–Kier alpha value is -1.41. The van der Waals surface area contributed by atoms with Crippen molar-refractivity contribution < 1.29 is 4.79 Å². The third-order valence-electron chi connectivity index (χ3n) is 5.15. The van der Waals surface area contributed by atoms with Crippen molar-refractivity contribution in [1.29, 1.82) is 0 Å². The number of hydrogen-bond acceptors (Lipinski definition) is 3. The Morgan fingerprint density at radius 2 is 1.85 bits per heavy atom. The number of carbonyl (C=O) groups excluding carboxylic acids is 1. The summed E-state index contributed by atoms with van der Waals surface area (Å²) in [5.74, 6) is 0.172. The van der Waals surface area contributed by atoms with Gasteiger partial charge >= 0.3 is 0 Å². The Balaban J connectivity index is 1.76. The van der Waals surface area contributed by atoms with Gasteiger partial charge in [0.15, 0.2) is 0 Å². The number of fused-ring (bicyclic) bond motifs is 2. The van der Waals surface area contributed by atoms with E-state index in [1.807, 2.05) is 4.90 Å². The van der Waals surface area contributed by atoms with Crippen LogP contribution in [-0.4, -0.2) is 37.0 Å². The molecule has 2 aromatic carbocycles.